The molecule has 1 aliphatic rings. The number of fused-ring (bicyclic) bond motifs is 1. The van der Waals surface area contributed by atoms with E-state index in [0.717, 1.165) is 35.1 Å². The highest BCUT2D eigenvalue weighted by Crippen LogP contribution is 2.39. The second-order valence-corrected chi connectivity index (χ2v) is 12.5. The van der Waals surface area contributed by atoms with Gasteiger partial charge in [-0.3, -0.25) is 4.79 Å². The van der Waals surface area contributed by atoms with E-state index in [1.165, 1.54) is 24.3 Å². The molecular formula is C30H27F4N5O4S. The lowest BCUT2D eigenvalue weighted by Crippen LogP contribution is -2.54. The van der Waals surface area contributed by atoms with Gasteiger partial charge in [0.25, 0.3) is 0 Å². The summed E-state index contributed by atoms with van der Waals surface area (Å²) in [6, 6.07) is 9.17. The van der Waals surface area contributed by atoms with E-state index in [2.05, 4.69) is 16.5 Å². The maximum Gasteiger partial charge on any atom is 0.417 e. The summed E-state index contributed by atoms with van der Waals surface area (Å²) in [7, 11) is -3.94. The molecule has 3 heterocycles. The molecule has 0 unspecified atom stereocenters. The third-order valence-corrected chi connectivity index (χ3v) is 8.63. The number of anilines is 1. The molecular weight excluding hydrogens is 602 g/mol. The van der Waals surface area contributed by atoms with E-state index in [1.54, 1.807) is 29.7 Å². The van der Waals surface area contributed by atoms with E-state index >= 15 is 4.39 Å². The Bertz CT molecular complexity index is 1990. The first-order chi connectivity index (χ1) is 20.6. The Morgan fingerprint density at radius 1 is 1.09 bits per heavy atom. The van der Waals surface area contributed by atoms with Gasteiger partial charge in [0.1, 0.15) is 17.3 Å². The van der Waals surface area contributed by atoms with Crippen molar-refractivity contribution in [2.75, 3.05) is 30.8 Å². The second kappa shape index (κ2) is 11.2. The SMILES string of the molecule is C=CC(=O)N1CCN(c2nc(=O)n(-c3c(C)cccc3S(C)(=O)=O)c3nc(-c4ccccc4C(F)(F)F)c(F)cc23)[C@@H](C)C1. The van der Waals surface area contributed by atoms with Crippen molar-refractivity contribution in [2.45, 2.75) is 31.0 Å². The molecule has 0 aliphatic carbocycles. The number of hydrogen-bond donors (Lipinski definition) is 0. The van der Waals surface area contributed by atoms with E-state index in [4.69, 9.17) is 0 Å². The number of amides is 1. The highest BCUT2D eigenvalue weighted by Gasteiger charge is 2.35. The summed E-state index contributed by atoms with van der Waals surface area (Å²) in [5, 5.41) is -0.0339. The summed E-state index contributed by atoms with van der Waals surface area (Å²) < 4.78 is 84.3. The molecule has 0 bridgehead atoms. The van der Waals surface area contributed by atoms with Crippen molar-refractivity contribution in [3.63, 3.8) is 0 Å². The Kier molecular flexibility index (Phi) is 7.82. The highest BCUT2D eigenvalue weighted by molar-refractivity contribution is 7.90. The van der Waals surface area contributed by atoms with Crippen LogP contribution in [0.15, 0.2) is 70.9 Å². The smallest absolute Gasteiger partial charge is 0.350 e. The number of nitrogens with zero attached hydrogens (tertiary/aromatic N) is 5. The summed E-state index contributed by atoms with van der Waals surface area (Å²) in [4.78, 5) is 37.6. The normalized spacial score (nSPS) is 15.9. The van der Waals surface area contributed by atoms with E-state index < -0.39 is 50.4 Å². The van der Waals surface area contributed by atoms with Gasteiger partial charge in [-0.1, -0.05) is 36.9 Å². The average Bonchev–Trinajstić information content (AvgIpc) is 2.95. The fraction of sp³-hybridized carbons (Fsp3) is 0.267. The summed E-state index contributed by atoms with van der Waals surface area (Å²) in [6.45, 7) is 7.45. The van der Waals surface area contributed by atoms with Crippen LogP contribution in [0.5, 0.6) is 0 Å². The lowest BCUT2D eigenvalue weighted by Gasteiger charge is -2.40. The van der Waals surface area contributed by atoms with Crippen molar-refractivity contribution >= 4 is 32.6 Å². The third-order valence-electron chi connectivity index (χ3n) is 7.50. The van der Waals surface area contributed by atoms with Crippen molar-refractivity contribution in [1.82, 2.24) is 19.4 Å². The molecule has 1 saturated heterocycles. The van der Waals surface area contributed by atoms with Gasteiger partial charge in [0.2, 0.25) is 5.91 Å². The van der Waals surface area contributed by atoms with Gasteiger partial charge in [0.15, 0.2) is 15.5 Å². The number of benzene rings is 2. The van der Waals surface area contributed by atoms with E-state index in [1.807, 2.05) is 0 Å². The lowest BCUT2D eigenvalue weighted by molar-refractivity contribution is -0.137. The third kappa shape index (κ3) is 5.45. The first-order valence-electron chi connectivity index (χ1n) is 13.4. The molecule has 44 heavy (non-hydrogen) atoms. The maximum atomic E-state index is 15.9. The summed E-state index contributed by atoms with van der Waals surface area (Å²) in [6.07, 6.45) is -2.72. The monoisotopic (exact) mass is 629 g/mol. The number of rotatable bonds is 5. The fourth-order valence-electron chi connectivity index (χ4n) is 5.47. The van der Waals surface area contributed by atoms with Crippen LogP contribution in [0.4, 0.5) is 23.4 Å². The van der Waals surface area contributed by atoms with Gasteiger partial charge in [-0.15, -0.1) is 0 Å². The number of pyridine rings is 1. The average molecular weight is 630 g/mol. The second-order valence-electron chi connectivity index (χ2n) is 10.5. The minimum absolute atomic E-state index is 0.00371. The fourth-order valence-corrected chi connectivity index (χ4v) is 6.40. The molecule has 2 aromatic carbocycles. The van der Waals surface area contributed by atoms with E-state index in [0.29, 0.717) is 5.56 Å². The van der Waals surface area contributed by atoms with Crippen molar-refractivity contribution in [1.29, 1.82) is 0 Å². The number of piperazine rings is 1. The van der Waals surface area contributed by atoms with Crippen LogP contribution >= 0.6 is 0 Å². The number of aromatic nitrogens is 3. The van der Waals surface area contributed by atoms with Crippen LogP contribution in [0.25, 0.3) is 28.0 Å². The number of aryl methyl sites for hydroxylation is 1. The first-order valence-corrected chi connectivity index (χ1v) is 15.3. The van der Waals surface area contributed by atoms with Gasteiger partial charge < -0.3 is 9.80 Å². The molecule has 0 saturated carbocycles. The molecule has 230 valence electrons. The summed E-state index contributed by atoms with van der Waals surface area (Å²) in [5.41, 5.74) is -3.42. The molecule has 1 atom stereocenters. The number of alkyl halides is 3. The number of carbonyl (C=O) groups excluding carboxylic acids is 1. The van der Waals surface area contributed by atoms with Gasteiger partial charge in [0, 0.05) is 37.5 Å². The number of carbonyl (C=O) groups is 1. The van der Waals surface area contributed by atoms with Crippen molar-refractivity contribution in [2.24, 2.45) is 0 Å². The van der Waals surface area contributed by atoms with Crippen LogP contribution in [0.3, 0.4) is 0 Å². The Morgan fingerprint density at radius 3 is 2.43 bits per heavy atom. The molecule has 1 fully saturated rings. The first kappa shape index (κ1) is 30.9. The van der Waals surface area contributed by atoms with Crippen LogP contribution in [-0.2, 0) is 20.8 Å². The van der Waals surface area contributed by atoms with Crippen LogP contribution in [-0.4, -0.2) is 65.7 Å². The van der Waals surface area contributed by atoms with E-state index in [-0.39, 0.29) is 53.0 Å². The molecule has 1 aliphatic heterocycles. The van der Waals surface area contributed by atoms with Crippen LogP contribution in [0, 0.1) is 12.7 Å². The van der Waals surface area contributed by atoms with Gasteiger partial charge in [-0.2, -0.15) is 18.2 Å². The minimum atomic E-state index is -4.85. The Hall–Kier alpha value is -4.59. The maximum absolute atomic E-state index is 15.9. The highest BCUT2D eigenvalue weighted by atomic mass is 32.2. The van der Waals surface area contributed by atoms with Gasteiger partial charge in [-0.25, -0.2) is 27.2 Å². The Balaban J connectivity index is 1.87. The predicted molar refractivity (Wildman–Crippen MR) is 157 cm³/mol. The zero-order valence-corrected chi connectivity index (χ0v) is 24.7. The number of sulfone groups is 1. The Labute approximate surface area is 250 Å². The quantitative estimate of drug-likeness (QED) is 0.236. The van der Waals surface area contributed by atoms with Gasteiger partial charge in [-0.05, 0) is 43.7 Å². The van der Waals surface area contributed by atoms with Crippen molar-refractivity contribution in [3.8, 4) is 16.9 Å². The van der Waals surface area contributed by atoms with Crippen molar-refractivity contribution in [3.05, 3.63) is 88.6 Å². The number of para-hydroxylation sites is 1. The van der Waals surface area contributed by atoms with Crippen LogP contribution in [0.1, 0.15) is 18.1 Å². The van der Waals surface area contributed by atoms with E-state index in [9.17, 15) is 31.2 Å². The zero-order valence-electron chi connectivity index (χ0n) is 23.9. The molecule has 9 nitrogen and oxygen atoms in total. The van der Waals surface area contributed by atoms with Gasteiger partial charge in [0.05, 0.1) is 21.5 Å². The summed E-state index contributed by atoms with van der Waals surface area (Å²) >= 11 is 0. The predicted octanol–water partition coefficient (Wildman–Crippen LogP) is 4.54. The number of hydrogen-bond acceptors (Lipinski definition) is 7. The molecule has 0 N–H and O–H groups in total. The molecule has 5 rings (SSSR count). The Morgan fingerprint density at radius 2 is 1.80 bits per heavy atom. The molecule has 0 radical (unpaired) electrons. The minimum Gasteiger partial charge on any atom is -0.350 e. The lowest BCUT2D eigenvalue weighted by atomic mass is 10.0. The molecule has 2 aromatic heterocycles. The zero-order chi connectivity index (χ0) is 32.1. The van der Waals surface area contributed by atoms with Crippen LogP contribution < -0.4 is 10.6 Å². The topological polar surface area (TPSA) is 105 Å². The molecule has 1 amide bonds. The molecule has 4 aromatic rings. The molecule has 0 spiro atoms. The standard InChI is InChI=1S/C30H27F4N5O4S/c1-5-24(40)37-13-14-38(18(3)16-37)27-20-15-22(31)25(19-10-6-7-11-21(19)30(32,33)34)35-28(20)39(29(41)36-27)26-17(2)9-8-12-23(26)44(4,42)43/h5-12,15,18H,1,13-14,16H2,2-4H3/t18-/m0/s1. The van der Waals surface area contributed by atoms with Crippen molar-refractivity contribution < 1.29 is 30.8 Å². The summed E-state index contributed by atoms with van der Waals surface area (Å²) in [5.74, 6) is -1.40. The largest absolute Gasteiger partial charge is 0.417 e. The molecule has 14 heteroatoms. The van der Waals surface area contributed by atoms with Crippen LogP contribution in [0.2, 0.25) is 0 Å². The van der Waals surface area contributed by atoms with Gasteiger partial charge >= 0.3 is 11.9 Å². The number of halogens is 4.